The van der Waals surface area contributed by atoms with Crippen LogP contribution in [0, 0.1) is 0 Å². The van der Waals surface area contributed by atoms with Crippen molar-refractivity contribution in [2.75, 3.05) is 19.4 Å². The van der Waals surface area contributed by atoms with Crippen molar-refractivity contribution in [2.45, 2.75) is 12.5 Å². The SMILES string of the molecule is C=CCS(=O)(=O)C1=CC2=C(C(=O)OC)CCN2C1c1ccc[nH]1. The number of aromatic amines is 1. The summed E-state index contributed by atoms with van der Waals surface area (Å²) in [6.45, 7) is 4.10. The average Bonchev–Trinajstić information content (AvgIpc) is 3.21. The van der Waals surface area contributed by atoms with Crippen molar-refractivity contribution in [3.8, 4) is 0 Å². The summed E-state index contributed by atoms with van der Waals surface area (Å²) in [4.78, 5) is 17.2. The number of carbonyl (C=O) groups excluding carboxylic acids is 1. The zero-order valence-corrected chi connectivity index (χ0v) is 13.6. The van der Waals surface area contributed by atoms with Gasteiger partial charge in [-0.2, -0.15) is 0 Å². The molecule has 0 amide bonds. The van der Waals surface area contributed by atoms with Gasteiger partial charge in [0, 0.05) is 24.1 Å². The molecule has 1 aromatic rings. The van der Waals surface area contributed by atoms with E-state index in [2.05, 4.69) is 11.6 Å². The van der Waals surface area contributed by atoms with E-state index >= 15 is 0 Å². The van der Waals surface area contributed by atoms with Crippen molar-refractivity contribution in [3.05, 3.63) is 58.9 Å². The fourth-order valence-electron chi connectivity index (χ4n) is 3.14. The summed E-state index contributed by atoms with van der Waals surface area (Å²) in [5.74, 6) is -0.545. The van der Waals surface area contributed by atoms with E-state index in [0.717, 1.165) is 5.69 Å². The molecule has 0 aromatic carbocycles. The average molecular weight is 334 g/mol. The molecule has 122 valence electrons. The molecule has 1 unspecified atom stereocenters. The maximum absolute atomic E-state index is 12.6. The first-order valence-electron chi connectivity index (χ1n) is 7.26. The number of H-pyrrole nitrogens is 1. The Morgan fingerprint density at radius 2 is 2.35 bits per heavy atom. The summed E-state index contributed by atoms with van der Waals surface area (Å²) >= 11 is 0. The fourth-order valence-corrected chi connectivity index (χ4v) is 4.52. The van der Waals surface area contributed by atoms with Gasteiger partial charge in [-0.3, -0.25) is 0 Å². The number of aromatic nitrogens is 1. The third-order valence-electron chi connectivity index (χ3n) is 4.13. The Balaban J connectivity index is 2.14. The number of nitrogens with zero attached hydrogens (tertiary/aromatic N) is 1. The van der Waals surface area contributed by atoms with Gasteiger partial charge in [-0.15, -0.1) is 6.58 Å². The molecule has 2 aliphatic heterocycles. The molecule has 2 aliphatic rings. The molecule has 0 saturated heterocycles. The van der Waals surface area contributed by atoms with Crippen LogP contribution in [0.5, 0.6) is 0 Å². The molecular formula is C16H18N2O4S. The zero-order valence-electron chi connectivity index (χ0n) is 12.8. The van der Waals surface area contributed by atoms with E-state index in [1.54, 1.807) is 12.3 Å². The summed E-state index contributed by atoms with van der Waals surface area (Å²) < 4.78 is 30.0. The summed E-state index contributed by atoms with van der Waals surface area (Å²) in [5, 5.41) is 0. The van der Waals surface area contributed by atoms with Crippen LogP contribution in [0.4, 0.5) is 0 Å². The normalized spacial score (nSPS) is 20.5. The Hall–Kier alpha value is -2.28. The Kier molecular flexibility index (Phi) is 3.89. The van der Waals surface area contributed by atoms with Crippen molar-refractivity contribution in [2.24, 2.45) is 0 Å². The topological polar surface area (TPSA) is 79.5 Å². The number of nitrogens with one attached hydrogen (secondary N) is 1. The van der Waals surface area contributed by atoms with Crippen LogP contribution < -0.4 is 0 Å². The lowest BCUT2D eigenvalue weighted by Crippen LogP contribution is -2.25. The minimum absolute atomic E-state index is 0.134. The smallest absolute Gasteiger partial charge is 0.335 e. The number of rotatable bonds is 5. The molecule has 1 atom stereocenters. The van der Waals surface area contributed by atoms with Crippen molar-refractivity contribution < 1.29 is 17.9 Å². The number of allylic oxidation sites excluding steroid dienone is 1. The highest BCUT2D eigenvalue weighted by Gasteiger charge is 2.43. The first kappa shape index (κ1) is 15.6. The molecule has 0 fully saturated rings. The van der Waals surface area contributed by atoms with Gasteiger partial charge in [0.2, 0.25) is 0 Å². The Labute approximate surface area is 135 Å². The van der Waals surface area contributed by atoms with Crippen LogP contribution in [0.15, 0.2) is 53.2 Å². The Morgan fingerprint density at radius 3 is 2.96 bits per heavy atom. The molecule has 0 aliphatic carbocycles. The predicted molar refractivity (Wildman–Crippen MR) is 86.0 cm³/mol. The van der Waals surface area contributed by atoms with Gasteiger partial charge in [0.1, 0.15) is 6.04 Å². The van der Waals surface area contributed by atoms with Gasteiger partial charge in [0.25, 0.3) is 0 Å². The number of fused-ring (bicyclic) bond motifs is 1. The molecule has 3 rings (SSSR count). The maximum atomic E-state index is 12.6. The van der Waals surface area contributed by atoms with E-state index in [1.807, 2.05) is 17.0 Å². The summed E-state index contributed by atoms with van der Waals surface area (Å²) in [6, 6.07) is 3.24. The van der Waals surface area contributed by atoms with Gasteiger partial charge >= 0.3 is 5.97 Å². The van der Waals surface area contributed by atoms with Crippen LogP contribution in [0.1, 0.15) is 18.2 Å². The molecule has 1 N–H and O–H groups in total. The summed E-state index contributed by atoms with van der Waals surface area (Å²) in [7, 11) is -2.16. The van der Waals surface area contributed by atoms with Crippen LogP contribution in [0.25, 0.3) is 0 Å². The van der Waals surface area contributed by atoms with Gasteiger partial charge in [-0.25, -0.2) is 13.2 Å². The second kappa shape index (κ2) is 5.73. The molecule has 1 aromatic heterocycles. The summed E-state index contributed by atoms with van der Waals surface area (Å²) in [6.07, 6.45) is 5.28. The quantitative estimate of drug-likeness (QED) is 0.655. The zero-order chi connectivity index (χ0) is 16.6. The van der Waals surface area contributed by atoms with Crippen LogP contribution in [-0.4, -0.2) is 43.7 Å². The number of ether oxygens (including phenoxy) is 1. The van der Waals surface area contributed by atoms with E-state index < -0.39 is 21.8 Å². The van der Waals surface area contributed by atoms with Crippen molar-refractivity contribution in [3.63, 3.8) is 0 Å². The van der Waals surface area contributed by atoms with Gasteiger partial charge in [-0.1, -0.05) is 6.08 Å². The summed E-state index contributed by atoms with van der Waals surface area (Å²) in [5.41, 5.74) is 1.94. The van der Waals surface area contributed by atoms with E-state index in [4.69, 9.17) is 4.74 Å². The number of esters is 1. The molecular weight excluding hydrogens is 316 g/mol. The fraction of sp³-hybridized carbons (Fsp3) is 0.312. The van der Waals surface area contributed by atoms with Gasteiger partial charge in [0.15, 0.2) is 9.84 Å². The monoisotopic (exact) mass is 334 g/mol. The van der Waals surface area contributed by atoms with Crippen LogP contribution in [-0.2, 0) is 19.4 Å². The van der Waals surface area contributed by atoms with Crippen LogP contribution in [0.3, 0.4) is 0 Å². The highest BCUT2D eigenvalue weighted by molar-refractivity contribution is 7.95. The van der Waals surface area contributed by atoms with E-state index in [-0.39, 0.29) is 10.7 Å². The highest BCUT2D eigenvalue weighted by atomic mass is 32.2. The first-order chi connectivity index (χ1) is 11.0. The lowest BCUT2D eigenvalue weighted by atomic mass is 10.1. The molecule has 7 heteroatoms. The van der Waals surface area contributed by atoms with Crippen molar-refractivity contribution in [1.82, 2.24) is 9.88 Å². The number of hydrogen-bond donors (Lipinski definition) is 1. The number of hydrogen-bond acceptors (Lipinski definition) is 5. The molecule has 0 saturated carbocycles. The Bertz CT molecular complexity index is 803. The first-order valence-corrected chi connectivity index (χ1v) is 8.91. The minimum Gasteiger partial charge on any atom is -0.466 e. The third kappa shape index (κ3) is 2.50. The molecule has 3 heterocycles. The van der Waals surface area contributed by atoms with Gasteiger partial charge < -0.3 is 14.6 Å². The standard InChI is InChI=1S/C16H18N2O4S/c1-3-9-23(20,21)14-10-13-11(16(19)22-2)6-8-18(13)15(14)12-5-4-7-17-12/h3-5,7,10,15,17H,1,6,8-9H2,2H3. The molecule has 0 bridgehead atoms. The highest BCUT2D eigenvalue weighted by Crippen LogP contribution is 2.45. The number of carbonyl (C=O) groups is 1. The molecule has 0 radical (unpaired) electrons. The van der Waals surface area contributed by atoms with Crippen molar-refractivity contribution in [1.29, 1.82) is 0 Å². The van der Waals surface area contributed by atoms with E-state index in [0.29, 0.717) is 24.2 Å². The lowest BCUT2D eigenvalue weighted by molar-refractivity contribution is -0.136. The van der Waals surface area contributed by atoms with E-state index in [9.17, 15) is 13.2 Å². The van der Waals surface area contributed by atoms with E-state index in [1.165, 1.54) is 13.2 Å². The van der Waals surface area contributed by atoms with Crippen LogP contribution >= 0.6 is 0 Å². The molecule has 6 nitrogen and oxygen atoms in total. The molecule has 0 spiro atoms. The number of sulfone groups is 1. The van der Waals surface area contributed by atoms with Gasteiger partial charge in [-0.05, 0) is 24.6 Å². The lowest BCUT2D eigenvalue weighted by Gasteiger charge is -2.25. The Morgan fingerprint density at radius 1 is 1.57 bits per heavy atom. The van der Waals surface area contributed by atoms with Crippen LogP contribution in [0.2, 0.25) is 0 Å². The number of methoxy groups -OCH3 is 1. The van der Waals surface area contributed by atoms with Gasteiger partial charge in [0.05, 0.1) is 23.3 Å². The van der Waals surface area contributed by atoms with Crippen molar-refractivity contribution >= 4 is 15.8 Å². The second-order valence-corrected chi connectivity index (χ2v) is 7.48. The third-order valence-corrected chi connectivity index (χ3v) is 5.86. The molecule has 23 heavy (non-hydrogen) atoms. The second-order valence-electron chi connectivity index (χ2n) is 5.44. The minimum atomic E-state index is -3.49. The largest absolute Gasteiger partial charge is 0.466 e. The predicted octanol–water partition coefficient (Wildman–Crippen LogP) is 1.69. The maximum Gasteiger partial charge on any atom is 0.335 e.